The number of para-hydroxylation sites is 1. The van der Waals surface area contributed by atoms with Gasteiger partial charge in [0.05, 0.1) is 12.8 Å². The van der Waals surface area contributed by atoms with E-state index in [-0.39, 0.29) is 35.3 Å². The van der Waals surface area contributed by atoms with Crippen LogP contribution in [0.15, 0.2) is 72.8 Å². The van der Waals surface area contributed by atoms with Crippen molar-refractivity contribution in [2.75, 3.05) is 32.6 Å². The molecular weight excluding hydrogens is 423 g/mol. The topological polar surface area (TPSA) is 90.9 Å². The fourth-order valence-electron chi connectivity index (χ4n) is 3.83. The van der Waals surface area contributed by atoms with Crippen molar-refractivity contribution in [3.05, 3.63) is 78.3 Å². The molecule has 3 rings (SSSR count). The molecule has 172 valence electrons. The molecule has 0 bridgehead atoms. The number of anilines is 1. The van der Waals surface area contributed by atoms with Gasteiger partial charge in [0.25, 0.3) is 0 Å². The Morgan fingerprint density at radius 3 is 2.15 bits per heavy atom. The van der Waals surface area contributed by atoms with Gasteiger partial charge in [0, 0.05) is 19.5 Å². The number of likely N-dealkylation sites (N-methyl/N-ethyl adjacent to an activating group) is 1. The molecule has 1 amide bonds. The molecule has 0 atom stereocenters. The zero-order chi connectivity index (χ0) is 23.9. The van der Waals surface area contributed by atoms with Crippen LogP contribution in [0.2, 0.25) is 0 Å². The van der Waals surface area contributed by atoms with Crippen molar-refractivity contribution in [1.82, 2.24) is 0 Å². The van der Waals surface area contributed by atoms with Gasteiger partial charge in [-0.3, -0.25) is 14.4 Å². The summed E-state index contributed by atoms with van der Waals surface area (Å²) < 4.78 is 16.2. The molecule has 1 aromatic carbocycles. The molecule has 0 radical (unpaired) electrons. The van der Waals surface area contributed by atoms with E-state index in [0.29, 0.717) is 11.4 Å². The van der Waals surface area contributed by atoms with E-state index in [0.717, 1.165) is 5.56 Å². The van der Waals surface area contributed by atoms with E-state index in [1.165, 1.54) is 6.92 Å². The number of quaternary nitrogens is 1. The number of hydrogen-bond acceptors (Lipinski definition) is 6. The van der Waals surface area contributed by atoms with Gasteiger partial charge in [-0.1, -0.05) is 72.8 Å². The highest BCUT2D eigenvalue weighted by atomic mass is 16.7. The Morgan fingerprint density at radius 1 is 1.00 bits per heavy atom. The van der Waals surface area contributed by atoms with E-state index in [2.05, 4.69) is 5.32 Å². The Labute approximate surface area is 193 Å². The van der Waals surface area contributed by atoms with Crippen molar-refractivity contribution < 1.29 is 32.8 Å². The molecule has 2 heterocycles. The second kappa shape index (κ2) is 10.2. The summed E-state index contributed by atoms with van der Waals surface area (Å²) in [4.78, 5) is 34.9. The standard InChI is InChI=1S/C24H27BN2O6/c1-19(28)26-24-20(14-12-15-21(24)31-3)13-10-8-6-4-5-7-9-11-16-25-27(2,17-22(29)32-25)18-23(30)33-25/h4-16H,17-18H2,1-3H3,(H,26,28)/b5-4+,8-6+,9-7+,13-10+,16-11+. The zero-order valence-electron chi connectivity index (χ0n) is 18.9. The first-order chi connectivity index (χ1) is 15.8. The van der Waals surface area contributed by atoms with Gasteiger partial charge < -0.3 is 23.8 Å². The summed E-state index contributed by atoms with van der Waals surface area (Å²) >= 11 is 0. The normalized spacial score (nSPS) is 24.9. The highest BCUT2D eigenvalue weighted by Crippen LogP contribution is 2.34. The number of methoxy groups -OCH3 is 1. The molecule has 2 fully saturated rings. The highest BCUT2D eigenvalue weighted by molar-refractivity contribution is 6.71. The van der Waals surface area contributed by atoms with Crippen LogP contribution in [0.4, 0.5) is 5.69 Å². The molecule has 1 aromatic rings. The quantitative estimate of drug-likeness (QED) is 0.484. The molecular formula is C24H27BN2O6. The first kappa shape index (κ1) is 23.8. The number of benzene rings is 1. The fraction of sp³-hybridized carbons (Fsp3) is 0.208. The summed E-state index contributed by atoms with van der Waals surface area (Å²) in [5.41, 5.74) is 1.45. The van der Waals surface area contributed by atoms with Gasteiger partial charge in [-0.15, -0.1) is 0 Å². The number of carbonyl (C=O) groups excluding carboxylic acids is 3. The second-order valence-electron chi connectivity index (χ2n) is 8.01. The minimum Gasteiger partial charge on any atom is -0.596 e. The third-order valence-electron chi connectivity index (χ3n) is 5.44. The van der Waals surface area contributed by atoms with Crippen molar-refractivity contribution in [2.24, 2.45) is 0 Å². The van der Waals surface area contributed by atoms with Gasteiger partial charge in [0.2, 0.25) is 5.91 Å². The van der Waals surface area contributed by atoms with Gasteiger partial charge in [-0.2, -0.15) is 0 Å². The lowest BCUT2D eigenvalue weighted by Gasteiger charge is -2.37. The molecule has 0 saturated carbocycles. The van der Waals surface area contributed by atoms with E-state index >= 15 is 0 Å². The monoisotopic (exact) mass is 450 g/mol. The predicted molar refractivity (Wildman–Crippen MR) is 127 cm³/mol. The summed E-state index contributed by atoms with van der Waals surface area (Å²) in [6.45, 7) is -0.433. The van der Waals surface area contributed by atoms with E-state index in [4.69, 9.17) is 14.0 Å². The Bertz CT molecular complexity index is 1070. The lowest BCUT2D eigenvalue weighted by atomic mass is 9.68. The molecule has 9 heteroatoms. The molecule has 0 aromatic heterocycles. The maximum Gasteiger partial charge on any atom is 0.607 e. The highest BCUT2D eigenvalue weighted by Gasteiger charge is 2.63. The van der Waals surface area contributed by atoms with Crippen LogP contribution in [0.5, 0.6) is 5.75 Å². The third-order valence-corrected chi connectivity index (χ3v) is 5.44. The average Bonchev–Trinajstić information content (AvgIpc) is 3.12. The van der Waals surface area contributed by atoms with Gasteiger partial charge in [0.1, 0.15) is 18.8 Å². The first-order valence-corrected chi connectivity index (χ1v) is 10.5. The van der Waals surface area contributed by atoms with Crippen LogP contribution in [0.3, 0.4) is 0 Å². The maximum atomic E-state index is 11.7. The van der Waals surface area contributed by atoms with Crippen LogP contribution in [0.1, 0.15) is 12.5 Å². The average molecular weight is 450 g/mol. The fourth-order valence-corrected chi connectivity index (χ4v) is 3.83. The Kier molecular flexibility index (Phi) is 7.35. The van der Waals surface area contributed by atoms with Crippen molar-refractivity contribution in [1.29, 1.82) is 0 Å². The van der Waals surface area contributed by atoms with Crippen molar-refractivity contribution in [3.8, 4) is 5.75 Å². The van der Waals surface area contributed by atoms with E-state index in [9.17, 15) is 14.4 Å². The number of hydrogen-bond donors (Lipinski definition) is 1. The van der Waals surface area contributed by atoms with Crippen LogP contribution in [0, 0.1) is 0 Å². The summed E-state index contributed by atoms with van der Waals surface area (Å²) in [6.07, 6.45) is 16.4. The summed E-state index contributed by atoms with van der Waals surface area (Å²) in [6, 6.07) is 5.53. The molecule has 0 aliphatic carbocycles. The predicted octanol–water partition coefficient (Wildman–Crippen LogP) is 2.93. The number of carbonyl (C=O) groups is 3. The minimum atomic E-state index is -2.13. The lowest BCUT2D eigenvalue weighted by molar-refractivity contribution is -0.791. The van der Waals surface area contributed by atoms with Crippen molar-refractivity contribution in [2.45, 2.75) is 6.92 Å². The minimum absolute atomic E-state index is 0.125. The maximum absolute atomic E-state index is 11.7. The van der Waals surface area contributed by atoms with Crippen LogP contribution in [-0.2, 0) is 23.7 Å². The second-order valence-corrected chi connectivity index (χ2v) is 8.01. The smallest absolute Gasteiger partial charge is 0.596 e. The van der Waals surface area contributed by atoms with Gasteiger partial charge in [-0.25, -0.2) is 0 Å². The number of allylic oxidation sites excluding steroid dienone is 8. The lowest BCUT2D eigenvalue weighted by Crippen LogP contribution is -2.58. The molecule has 33 heavy (non-hydrogen) atoms. The van der Waals surface area contributed by atoms with Gasteiger partial charge >= 0.3 is 18.6 Å². The summed E-state index contributed by atoms with van der Waals surface area (Å²) in [5, 5.41) is 2.79. The number of nitrogens with one attached hydrogen (secondary N) is 1. The number of amides is 1. The van der Waals surface area contributed by atoms with E-state index in [1.54, 1.807) is 38.4 Å². The molecule has 1 N–H and O–H groups in total. The number of nitrogens with zero attached hydrogens (tertiary/aromatic N) is 1. The van der Waals surface area contributed by atoms with Crippen LogP contribution >= 0.6 is 0 Å². The Morgan fingerprint density at radius 2 is 1.58 bits per heavy atom. The van der Waals surface area contributed by atoms with Gasteiger partial charge in [0.15, 0.2) is 0 Å². The molecule has 2 aliphatic heterocycles. The van der Waals surface area contributed by atoms with Gasteiger partial charge in [-0.05, 0) is 6.07 Å². The third kappa shape index (κ3) is 5.50. The number of rotatable bonds is 8. The zero-order valence-corrected chi connectivity index (χ0v) is 18.9. The van der Waals surface area contributed by atoms with Crippen LogP contribution < -0.4 is 10.1 Å². The van der Waals surface area contributed by atoms with Crippen LogP contribution in [0.25, 0.3) is 6.08 Å². The molecule has 0 spiro atoms. The number of ether oxygens (including phenoxy) is 1. The summed E-state index contributed by atoms with van der Waals surface area (Å²) in [7, 11) is 3.34. The Balaban J connectivity index is 1.56. The van der Waals surface area contributed by atoms with Crippen molar-refractivity contribution in [3.63, 3.8) is 0 Å². The van der Waals surface area contributed by atoms with E-state index in [1.807, 2.05) is 54.7 Å². The largest absolute Gasteiger partial charge is 0.607 e. The molecule has 2 saturated heterocycles. The van der Waals surface area contributed by atoms with E-state index < -0.39 is 6.69 Å². The first-order valence-electron chi connectivity index (χ1n) is 10.5. The van der Waals surface area contributed by atoms with Crippen molar-refractivity contribution >= 4 is 36.3 Å². The van der Waals surface area contributed by atoms with Crippen LogP contribution in [-0.4, -0.2) is 56.2 Å². The molecule has 8 nitrogen and oxygen atoms in total. The summed E-state index contributed by atoms with van der Waals surface area (Å²) in [5.74, 6) is 1.34. The molecule has 0 unspecified atom stereocenters. The molecule has 2 aliphatic rings. The number of fused-ring (bicyclic) bond motifs is 1. The Hall–Kier alpha value is -3.85. The SMILES string of the molecule is COc1cccc(/C=C/C=C/C=C/C=C/C=C/[B-]23OC(=O)C[N+]2(C)CC(=O)O3)c1NC(C)=O.